The van der Waals surface area contributed by atoms with Crippen LogP contribution in [0.5, 0.6) is 0 Å². The van der Waals surface area contributed by atoms with Crippen LogP contribution < -0.4 is 5.32 Å². The van der Waals surface area contributed by atoms with Crippen molar-refractivity contribution in [2.75, 3.05) is 39.3 Å². The van der Waals surface area contributed by atoms with Gasteiger partial charge >= 0.3 is 0 Å². The van der Waals surface area contributed by atoms with Gasteiger partial charge in [0.1, 0.15) is 0 Å². The lowest BCUT2D eigenvalue weighted by Crippen LogP contribution is -2.50. The van der Waals surface area contributed by atoms with E-state index in [2.05, 4.69) is 27.7 Å². The van der Waals surface area contributed by atoms with E-state index in [-0.39, 0.29) is 5.91 Å². The van der Waals surface area contributed by atoms with Crippen LogP contribution in [0.4, 0.5) is 0 Å². The summed E-state index contributed by atoms with van der Waals surface area (Å²) in [5.74, 6) is 1.10. The van der Waals surface area contributed by atoms with Crippen molar-refractivity contribution >= 4 is 17.2 Å². The molecule has 0 spiro atoms. The first-order valence-electron chi connectivity index (χ1n) is 7.54. The molecule has 20 heavy (non-hydrogen) atoms. The fourth-order valence-corrected chi connectivity index (χ4v) is 3.34. The quantitative estimate of drug-likeness (QED) is 0.861. The second kappa shape index (κ2) is 6.70. The highest BCUT2D eigenvalue weighted by Crippen LogP contribution is 2.27. The number of hydrogen-bond donors (Lipinski definition) is 1. The molecule has 1 aliphatic carbocycles. The summed E-state index contributed by atoms with van der Waals surface area (Å²) in [6.45, 7) is 6.29. The number of nitrogens with one attached hydrogen (secondary N) is 1. The lowest BCUT2D eigenvalue weighted by molar-refractivity contribution is -0.132. The molecule has 0 bridgehead atoms. The van der Waals surface area contributed by atoms with Crippen LogP contribution in [0.25, 0.3) is 0 Å². The third kappa shape index (κ3) is 4.04. The molecular formula is C15H23N3OS. The number of carbonyl (C=O) groups excluding carboxylic acids is 1. The highest BCUT2D eigenvalue weighted by Gasteiger charge is 2.23. The van der Waals surface area contributed by atoms with Gasteiger partial charge < -0.3 is 10.2 Å². The molecule has 2 heterocycles. The van der Waals surface area contributed by atoms with Gasteiger partial charge in [0.15, 0.2) is 0 Å². The molecule has 0 atom stereocenters. The normalized spacial score (nSPS) is 20.3. The fourth-order valence-electron chi connectivity index (χ4n) is 2.60. The molecule has 1 amide bonds. The van der Waals surface area contributed by atoms with E-state index < -0.39 is 0 Å². The smallest absolute Gasteiger partial charge is 0.236 e. The van der Waals surface area contributed by atoms with E-state index in [1.54, 1.807) is 0 Å². The van der Waals surface area contributed by atoms with E-state index in [0.29, 0.717) is 6.54 Å². The minimum atomic E-state index is 0.265. The number of hydrogen-bond acceptors (Lipinski definition) is 4. The van der Waals surface area contributed by atoms with Gasteiger partial charge in [-0.25, -0.2) is 0 Å². The summed E-state index contributed by atoms with van der Waals surface area (Å²) in [5.41, 5.74) is 0. The van der Waals surface area contributed by atoms with Crippen molar-refractivity contribution in [1.82, 2.24) is 15.1 Å². The van der Waals surface area contributed by atoms with Crippen molar-refractivity contribution < 1.29 is 4.79 Å². The summed E-state index contributed by atoms with van der Waals surface area (Å²) in [6.07, 6.45) is 2.67. The molecule has 0 aromatic carbocycles. The Kier molecular flexibility index (Phi) is 4.70. The Morgan fingerprint density at radius 2 is 2.10 bits per heavy atom. The van der Waals surface area contributed by atoms with Crippen LogP contribution in [0.3, 0.4) is 0 Å². The Labute approximate surface area is 124 Å². The Hall–Kier alpha value is -0.910. The third-order valence-electron chi connectivity index (χ3n) is 4.09. The van der Waals surface area contributed by atoms with Gasteiger partial charge in [-0.15, -0.1) is 11.3 Å². The number of nitrogens with zero attached hydrogens (tertiary/aromatic N) is 2. The van der Waals surface area contributed by atoms with Crippen molar-refractivity contribution in [1.29, 1.82) is 0 Å². The summed E-state index contributed by atoms with van der Waals surface area (Å²) in [5, 5.41) is 5.41. The van der Waals surface area contributed by atoms with Crippen LogP contribution in [0.15, 0.2) is 17.5 Å². The molecule has 1 saturated carbocycles. The first-order chi connectivity index (χ1) is 9.81. The summed E-state index contributed by atoms with van der Waals surface area (Å²) in [4.78, 5) is 17.9. The predicted molar refractivity (Wildman–Crippen MR) is 81.8 cm³/mol. The molecule has 1 aromatic heterocycles. The average Bonchev–Trinajstić information content (AvgIpc) is 3.15. The number of amides is 1. The highest BCUT2D eigenvalue weighted by molar-refractivity contribution is 7.09. The van der Waals surface area contributed by atoms with Gasteiger partial charge in [0.2, 0.25) is 5.91 Å². The predicted octanol–water partition coefficient (Wildman–Crippen LogP) is 1.39. The second-order valence-electron chi connectivity index (χ2n) is 5.81. The van der Waals surface area contributed by atoms with Crippen LogP contribution in [0, 0.1) is 5.92 Å². The van der Waals surface area contributed by atoms with Gasteiger partial charge in [0.05, 0.1) is 6.54 Å². The second-order valence-corrected chi connectivity index (χ2v) is 6.84. The Balaban J connectivity index is 1.35. The van der Waals surface area contributed by atoms with Gasteiger partial charge in [-0.2, -0.15) is 0 Å². The molecule has 1 saturated heterocycles. The minimum absolute atomic E-state index is 0.265. The Bertz CT molecular complexity index is 422. The molecule has 1 aliphatic heterocycles. The zero-order chi connectivity index (χ0) is 13.8. The SMILES string of the molecule is O=C(CNCC1CC1)N1CCN(Cc2cccs2)CC1. The van der Waals surface area contributed by atoms with E-state index in [0.717, 1.165) is 45.2 Å². The summed E-state index contributed by atoms with van der Waals surface area (Å²) in [6, 6.07) is 4.29. The molecule has 0 unspecified atom stereocenters. The molecule has 0 radical (unpaired) electrons. The molecular weight excluding hydrogens is 270 g/mol. The molecule has 1 aromatic rings. The lowest BCUT2D eigenvalue weighted by atomic mass is 10.3. The molecule has 110 valence electrons. The van der Waals surface area contributed by atoms with E-state index in [9.17, 15) is 4.79 Å². The summed E-state index contributed by atoms with van der Waals surface area (Å²) in [7, 11) is 0. The van der Waals surface area contributed by atoms with Crippen molar-refractivity contribution in [3.63, 3.8) is 0 Å². The van der Waals surface area contributed by atoms with Crippen LogP contribution in [0.2, 0.25) is 0 Å². The van der Waals surface area contributed by atoms with Crippen molar-refractivity contribution in [3.8, 4) is 0 Å². The zero-order valence-electron chi connectivity index (χ0n) is 11.9. The third-order valence-corrected chi connectivity index (χ3v) is 4.95. The average molecular weight is 293 g/mol. The van der Waals surface area contributed by atoms with E-state index in [1.807, 2.05) is 16.2 Å². The maximum atomic E-state index is 12.1. The van der Waals surface area contributed by atoms with Crippen molar-refractivity contribution in [3.05, 3.63) is 22.4 Å². The fraction of sp³-hybridized carbons (Fsp3) is 0.667. The monoisotopic (exact) mass is 293 g/mol. The van der Waals surface area contributed by atoms with Gasteiger partial charge in [0, 0.05) is 37.6 Å². The number of piperazine rings is 1. The van der Waals surface area contributed by atoms with Crippen LogP contribution in [-0.4, -0.2) is 55.0 Å². The molecule has 2 fully saturated rings. The number of carbonyl (C=O) groups is 1. The first kappa shape index (κ1) is 14.0. The summed E-state index contributed by atoms with van der Waals surface area (Å²) >= 11 is 1.81. The van der Waals surface area contributed by atoms with E-state index >= 15 is 0 Å². The largest absolute Gasteiger partial charge is 0.339 e. The number of rotatable bonds is 6. The maximum Gasteiger partial charge on any atom is 0.236 e. The van der Waals surface area contributed by atoms with Crippen LogP contribution in [-0.2, 0) is 11.3 Å². The summed E-state index contributed by atoms with van der Waals surface area (Å²) < 4.78 is 0. The Morgan fingerprint density at radius 3 is 2.75 bits per heavy atom. The maximum absolute atomic E-state index is 12.1. The molecule has 3 rings (SSSR count). The minimum Gasteiger partial charge on any atom is -0.339 e. The molecule has 4 nitrogen and oxygen atoms in total. The molecule has 5 heteroatoms. The topological polar surface area (TPSA) is 35.6 Å². The zero-order valence-corrected chi connectivity index (χ0v) is 12.7. The first-order valence-corrected chi connectivity index (χ1v) is 8.42. The standard InChI is InChI=1S/C15H23N3OS/c19-15(11-16-10-13-3-4-13)18-7-5-17(6-8-18)12-14-2-1-9-20-14/h1-2,9,13,16H,3-8,10-12H2. The van der Waals surface area contributed by atoms with E-state index in [1.165, 1.54) is 17.7 Å². The van der Waals surface area contributed by atoms with Gasteiger partial charge in [0.25, 0.3) is 0 Å². The molecule has 1 N–H and O–H groups in total. The lowest BCUT2D eigenvalue weighted by Gasteiger charge is -2.34. The molecule has 2 aliphatic rings. The van der Waals surface area contributed by atoms with Crippen molar-refractivity contribution in [2.45, 2.75) is 19.4 Å². The number of thiophene rings is 1. The van der Waals surface area contributed by atoms with Gasteiger partial charge in [-0.05, 0) is 36.8 Å². The van der Waals surface area contributed by atoms with Crippen LogP contribution in [0.1, 0.15) is 17.7 Å². The highest BCUT2D eigenvalue weighted by atomic mass is 32.1. The van der Waals surface area contributed by atoms with Gasteiger partial charge in [-0.3, -0.25) is 9.69 Å². The van der Waals surface area contributed by atoms with Crippen LogP contribution >= 0.6 is 11.3 Å². The van der Waals surface area contributed by atoms with E-state index in [4.69, 9.17) is 0 Å². The van der Waals surface area contributed by atoms with Gasteiger partial charge in [-0.1, -0.05) is 6.07 Å². The van der Waals surface area contributed by atoms with Crippen molar-refractivity contribution in [2.24, 2.45) is 5.92 Å². The Morgan fingerprint density at radius 1 is 1.30 bits per heavy atom.